The third-order valence-electron chi connectivity index (χ3n) is 6.72. The zero-order valence-corrected chi connectivity index (χ0v) is 18.9. The molecule has 0 amide bonds. The van der Waals surface area contributed by atoms with Crippen LogP contribution in [0, 0.1) is 0 Å². The molecule has 3 aromatic carbocycles. The molecule has 0 aromatic heterocycles. The van der Waals surface area contributed by atoms with Gasteiger partial charge < -0.3 is 14.7 Å². The van der Waals surface area contributed by atoms with Crippen LogP contribution in [0.3, 0.4) is 0 Å². The van der Waals surface area contributed by atoms with Crippen molar-refractivity contribution in [3.05, 3.63) is 90.0 Å². The van der Waals surface area contributed by atoms with Crippen molar-refractivity contribution in [2.45, 2.75) is 12.0 Å². The summed E-state index contributed by atoms with van der Waals surface area (Å²) in [6.45, 7) is 6.45. The SMILES string of the molecule is Oc1cc(OCCN2CCN(c3ccccc3)CC2)ccc1C1NNCC1c1ccccc1. The summed E-state index contributed by atoms with van der Waals surface area (Å²) in [5.41, 5.74) is 10.0. The summed E-state index contributed by atoms with van der Waals surface area (Å²) in [6.07, 6.45) is 0. The van der Waals surface area contributed by atoms with Gasteiger partial charge in [0.2, 0.25) is 0 Å². The van der Waals surface area contributed by atoms with Crippen molar-refractivity contribution < 1.29 is 9.84 Å². The number of phenols is 1. The number of para-hydroxylation sites is 1. The van der Waals surface area contributed by atoms with Gasteiger partial charge in [-0.2, -0.15) is 0 Å². The van der Waals surface area contributed by atoms with E-state index in [1.165, 1.54) is 11.3 Å². The Morgan fingerprint density at radius 2 is 1.61 bits per heavy atom. The first kappa shape index (κ1) is 21.8. The highest BCUT2D eigenvalue weighted by Gasteiger charge is 2.31. The molecule has 3 N–H and O–H groups in total. The molecule has 0 radical (unpaired) electrons. The molecule has 33 heavy (non-hydrogen) atoms. The second kappa shape index (κ2) is 10.3. The number of hydrazine groups is 1. The Morgan fingerprint density at radius 1 is 0.879 bits per heavy atom. The van der Waals surface area contributed by atoms with Gasteiger partial charge in [-0.25, -0.2) is 5.43 Å². The summed E-state index contributed by atoms with van der Waals surface area (Å²) in [5, 5.41) is 10.7. The van der Waals surface area contributed by atoms with Gasteiger partial charge in [-0.1, -0.05) is 54.6 Å². The zero-order chi connectivity index (χ0) is 22.5. The molecular weight excluding hydrogens is 412 g/mol. The topological polar surface area (TPSA) is 60.0 Å². The van der Waals surface area contributed by atoms with E-state index in [-0.39, 0.29) is 17.7 Å². The van der Waals surface area contributed by atoms with Crippen LogP contribution in [0.1, 0.15) is 23.1 Å². The number of hydrogen-bond donors (Lipinski definition) is 3. The standard InChI is InChI=1S/C27H32N4O2/c32-26-19-23(11-12-24(26)27-25(20-28-29-27)21-7-3-1-4-8-21)33-18-17-30-13-15-31(16-14-30)22-9-5-2-6-10-22/h1-12,19,25,27-29,32H,13-18,20H2. The van der Waals surface area contributed by atoms with Crippen molar-refractivity contribution in [2.75, 3.05) is 50.8 Å². The van der Waals surface area contributed by atoms with Crippen molar-refractivity contribution >= 4 is 5.69 Å². The van der Waals surface area contributed by atoms with Crippen LogP contribution in [-0.2, 0) is 0 Å². The van der Waals surface area contributed by atoms with Gasteiger partial charge in [0.1, 0.15) is 18.1 Å². The fourth-order valence-electron chi connectivity index (χ4n) is 4.84. The van der Waals surface area contributed by atoms with Gasteiger partial charge in [0.05, 0.1) is 6.04 Å². The smallest absolute Gasteiger partial charge is 0.124 e. The number of nitrogens with zero attached hydrogens (tertiary/aromatic N) is 2. The Kier molecular flexibility index (Phi) is 6.76. The van der Waals surface area contributed by atoms with Crippen LogP contribution in [0.4, 0.5) is 5.69 Å². The summed E-state index contributed by atoms with van der Waals surface area (Å²) in [6, 6.07) is 26.7. The summed E-state index contributed by atoms with van der Waals surface area (Å²) in [4.78, 5) is 4.87. The lowest BCUT2D eigenvalue weighted by molar-refractivity contribution is 0.200. The molecule has 6 nitrogen and oxygen atoms in total. The molecule has 0 aliphatic carbocycles. The van der Waals surface area contributed by atoms with Crippen molar-refractivity contribution in [2.24, 2.45) is 0 Å². The quantitative estimate of drug-likeness (QED) is 0.518. The Labute approximate surface area is 195 Å². The molecule has 0 spiro atoms. The van der Waals surface area contributed by atoms with E-state index < -0.39 is 0 Å². The Balaban J connectivity index is 1.13. The number of ether oxygens (including phenoxy) is 1. The highest BCUT2D eigenvalue weighted by molar-refractivity contribution is 5.46. The molecule has 2 aliphatic heterocycles. The average molecular weight is 445 g/mol. The maximum absolute atomic E-state index is 10.7. The number of hydrogen-bond acceptors (Lipinski definition) is 6. The monoisotopic (exact) mass is 444 g/mol. The van der Waals surface area contributed by atoms with E-state index in [0.717, 1.165) is 44.8 Å². The Bertz CT molecular complexity index is 1020. The predicted octanol–water partition coefficient (Wildman–Crippen LogP) is 3.53. The van der Waals surface area contributed by atoms with E-state index in [2.05, 4.69) is 75.2 Å². The zero-order valence-electron chi connectivity index (χ0n) is 18.9. The molecule has 0 bridgehead atoms. The van der Waals surface area contributed by atoms with E-state index in [9.17, 15) is 5.11 Å². The van der Waals surface area contributed by atoms with Crippen LogP contribution in [0.2, 0.25) is 0 Å². The maximum Gasteiger partial charge on any atom is 0.124 e. The molecule has 3 aromatic rings. The number of anilines is 1. The summed E-state index contributed by atoms with van der Waals surface area (Å²) < 4.78 is 5.98. The number of benzene rings is 3. The van der Waals surface area contributed by atoms with Gasteiger partial charge in [0, 0.05) is 62.5 Å². The van der Waals surface area contributed by atoms with Crippen LogP contribution in [0.5, 0.6) is 11.5 Å². The van der Waals surface area contributed by atoms with Crippen LogP contribution in [-0.4, -0.2) is 55.9 Å². The van der Waals surface area contributed by atoms with Crippen LogP contribution < -0.4 is 20.5 Å². The van der Waals surface area contributed by atoms with E-state index in [4.69, 9.17) is 4.74 Å². The number of phenolic OH excluding ortho intramolecular Hbond substituents is 1. The fourth-order valence-corrected chi connectivity index (χ4v) is 4.84. The lowest BCUT2D eigenvalue weighted by Crippen LogP contribution is -2.47. The third-order valence-corrected chi connectivity index (χ3v) is 6.72. The van der Waals surface area contributed by atoms with E-state index in [0.29, 0.717) is 12.4 Å². The number of rotatable bonds is 7. The second-order valence-corrected chi connectivity index (χ2v) is 8.75. The van der Waals surface area contributed by atoms with E-state index in [1.807, 2.05) is 18.2 Å². The predicted molar refractivity (Wildman–Crippen MR) is 132 cm³/mol. The summed E-state index contributed by atoms with van der Waals surface area (Å²) in [7, 11) is 0. The minimum atomic E-state index is 0.0161. The molecule has 2 saturated heterocycles. The van der Waals surface area contributed by atoms with Crippen LogP contribution >= 0.6 is 0 Å². The van der Waals surface area contributed by atoms with Gasteiger partial charge in [0.25, 0.3) is 0 Å². The molecule has 6 heteroatoms. The Morgan fingerprint density at radius 3 is 2.33 bits per heavy atom. The second-order valence-electron chi connectivity index (χ2n) is 8.75. The number of aromatic hydroxyl groups is 1. The molecule has 0 saturated carbocycles. The van der Waals surface area contributed by atoms with Crippen molar-refractivity contribution in [3.8, 4) is 11.5 Å². The maximum atomic E-state index is 10.7. The largest absolute Gasteiger partial charge is 0.507 e. The molecule has 2 unspecified atom stereocenters. The van der Waals surface area contributed by atoms with E-state index >= 15 is 0 Å². The molecule has 2 aliphatic rings. The summed E-state index contributed by atoms with van der Waals surface area (Å²) in [5.74, 6) is 1.24. The minimum Gasteiger partial charge on any atom is -0.507 e. The summed E-state index contributed by atoms with van der Waals surface area (Å²) >= 11 is 0. The van der Waals surface area contributed by atoms with Gasteiger partial charge >= 0.3 is 0 Å². The Hall–Kier alpha value is -3.06. The average Bonchev–Trinajstić information content (AvgIpc) is 3.35. The minimum absolute atomic E-state index is 0.0161. The van der Waals surface area contributed by atoms with Gasteiger partial charge in [-0.3, -0.25) is 10.3 Å². The molecule has 2 heterocycles. The normalized spacial score (nSPS) is 21.3. The first-order valence-corrected chi connectivity index (χ1v) is 11.8. The van der Waals surface area contributed by atoms with Crippen molar-refractivity contribution in [1.82, 2.24) is 15.8 Å². The number of piperazine rings is 1. The van der Waals surface area contributed by atoms with Gasteiger partial charge in [-0.05, 0) is 23.8 Å². The first-order valence-electron chi connectivity index (χ1n) is 11.8. The molecule has 172 valence electrons. The lowest BCUT2D eigenvalue weighted by Gasteiger charge is -2.36. The molecular formula is C27H32N4O2. The first-order chi connectivity index (χ1) is 16.3. The van der Waals surface area contributed by atoms with Crippen LogP contribution in [0.15, 0.2) is 78.9 Å². The molecule has 5 rings (SSSR count). The van der Waals surface area contributed by atoms with Gasteiger partial charge in [-0.15, -0.1) is 0 Å². The molecule has 2 atom stereocenters. The van der Waals surface area contributed by atoms with Crippen LogP contribution in [0.25, 0.3) is 0 Å². The lowest BCUT2D eigenvalue weighted by atomic mass is 9.88. The third kappa shape index (κ3) is 5.14. The number of nitrogens with one attached hydrogen (secondary N) is 2. The highest BCUT2D eigenvalue weighted by Crippen LogP contribution is 2.38. The van der Waals surface area contributed by atoms with Crippen molar-refractivity contribution in [1.29, 1.82) is 0 Å². The fraction of sp³-hybridized carbons (Fsp3) is 0.333. The van der Waals surface area contributed by atoms with Crippen molar-refractivity contribution in [3.63, 3.8) is 0 Å². The van der Waals surface area contributed by atoms with Gasteiger partial charge in [0.15, 0.2) is 0 Å². The highest BCUT2D eigenvalue weighted by atomic mass is 16.5. The molecule has 2 fully saturated rings. The van der Waals surface area contributed by atoms with E-state index in [1.54, 1.807) is 6.07 Å².